The van der Waals surface area contributed by atoms with Crippen molar-refractivity contribution in [1.82, 2.24) is 0 Å². The van der Waals surface area contributed by atoms with Crippen LogP contribution in [0.25, 0.3) is 0 Å². The summed E-state index contributed by atoms with van der Waals surface area (Å²) in [5, 5.41) is 4.31. The van der Waals surface area contributed by atoms with Crippen LogP contribution >= 0.6 is 23.1 Å². The first-order valence-electron chi connectivity index (χ1n) is 7.06. The van der Waals surface area contributed by atoms with Crippen LogP contribution in [0.5, 0.6) is 0 Å². The van der Waals surface area contributed by atoms with Gasteiger partial charge in [-0.1, -0.05) is 6.07 Å². The Hall–Kier alpha value is -1.67. The van der Waals surface area contributed by atoms with Gasteiger partial charge >= 0.3 is 6.18 Å². The fraction of sp³-hybridized carbons (Fsp3) is 0.312. The number of benzene rings is 1. The molecule has 0 radical (unpaired) electrons. The summed E-state index contributed by atoms with van der Waals surface area (Å²) in [6, 6.07) is 7.75. The standard InChI is InChI=1S/C16H17F3N2OS2/c1-21(2)11-5-6-14(13(8-11)16(17,18)19)20-15(22)10-23-9-12-4-3-7-24-12/h3-8H,9-10H2,1-2H3,(H,20,22). The predicted octanol–water partition coefficient (Wildman–Crippen LogP) is 4.70. The Morgan fingerprint density at radius 3 is 2.62 bits per heavy atom. The maximum Gasteiger partial charge on any atom is 0.418 e. The number of halogens is 3. The minimum absolute atomic E-state index is 0.102. The summed E-state index contributed by atoms with van der Waals surface area (Å²) >= 11 is 2.95. The molecule has 1 aromatic carbocycles. The van der Waals surface area contributed by atoms with Crippen molar-refractivity contribution in [3.05, 3.63) is 46.2 Å². The van der Waals surface area contributed by atoms with Gasteiger partial charge in [-0.05, 0) is 29.6 Å². The summed E-state index contributed by atoms with van der Waals surface area (Å²) in [5.41, 5.74) is -0.632. The second-order valence-corrected chi connectivity index (χ2v) is 7.26. The molecule has 8 heteroatoms. The largest absolute Gasteiger partial charge is 0.418 e. The molecule has 2 rings (SSSR count). The van der Waals surface area contributed by atoms with Crippen LogP contribution in [0, 0.1) is 0 Å². The van der Waals surface area contributed by atoms with Gasteiger partial charge in [0.2, 0.25) is 5.91 Å². The van der Waals surface area contributed by atoms with Crippen molar-refractivity contribution in [2.45, 2.75) is 11.9 Å². The van der Waals surface area contributed by atoms with Crippen LogP contribution in [-0.2, 0) is 16.7 Å². The Morgan fingerprint density at radius 1 is 1.29 bits per heavy atom. The van der Waals surface area contributed by atoms with Crippen molar-refractivity contribution >= 4 is 40.4 Å². The topological polar surface area (TPSA) is 32.3 Å². The molecule has 0 fully saturated rings. The van der Waals surface area contributed by atoms with E-state index in [4.69, 9.17) is 0 Å². The minimum atomic E-state index is -4.53. The highest BCUT2D eigenvalue weighted by Gasteiger charge is 2.34. The first-order chi connectivity index (χ1) is 11.3. The van der Waals surface area contributed by atoms with Crippen LogP contribution in [0.2, 0.25) is 0 Å². The molecule has 0 bridgehead atoms. The normalized spacial score (nSPS) is 11.4. The number of hydrogen-bond donors (Lipinski definition) is 1. The van der Waals surface area contributed by atoms with Gasteiger partial charge in [0.05, 0.1) is 17.0 Å². The maximum atomic E-state index is 13.2. The zero-order valence-corrected chi connectivity index (χ0v) is 14.8. The first kappa shape index (κ1) is 18.7. The number of amides is 1. The first-order valence-corrected chi connectivity index (χ1v) is 9.09. The number of rotatable bonds is 6. The van der Waals surface area contributed by atoms with E-state index in [2.05, 4.69) is 5.32 Å². The Morgan fingerprint density at radius 2 is 2.04 bits per heavy atom. The van der Waals surface area contributed by atoms with E-state index in [-0.39, 0.29) is 11.4 Å². The average molecular weight is 374 g/mol. The molecule has 0 saturated heterocycles. The highest BCUT2D eigenvalue weighted by atomic mass is 32.2. The molecule has 0 aliphatic heterocycles. The van der Waals surface area contributed by atoms with Gasteiger partial charge in [0, 0.05) is 30.4 Å². The molecule has 0 aliphatic carbocycles. The van der Waals surface area contributed by atoms with E-state index in [9.17, 15) is 18.0 Å². The summed E-state index contributed by atoms with van der Waals surface area (Å²) in [6.07, 6.45) is -4.53. The summed E-state index contributed by atoms with van der Waals surface area (Å²) in [5.74, 6) is 0.321. The average Bonchev–Trinajstić information content (AvgIpc) is 2.99. The van der Waals surface area contributed by atoms with E-state index >= 15 is 0 Å². The van der Waals surface area contributed by atoms with E-state index in [1.54, 1.807) is 36.4 Å². The quantitative estimate of drug-likeness (QED) is 0.795. The molecule has 2 aromatic rings. The second-order valence-electron chi connectivity index (χ2n) is 5.24. The van der Waals surface area contributed by atoms with Gasteiger partial charge in [-0.15, -0.1) is 23.1 Å². The van der Waals surface area contributed by atoms with Gasteiger partial charge < -0.3 is 10.2 Å². The van der Waals surface area contributed by atoms with Gasteiger partial charge in [-0.3, -0.25) is 4.79 Å². The third kappa shape index (κ3) is 5.17. The Kier molecular flexibility index (Phi) is 6.17. The third-order valence-corrected chi connectivity index (χ3v) is 5.20. The zero-order chi connectivity index (χ0) is 17.7. The Balaban J connectivity index is 2.03. The second kappa shape index (κ2) is 7.94. The van der Waals surface area contributed by atoms with Crippen molar-refractivity contribution < 1.29 is 18.0 Å². The number of nitrogens with zero attached hydrogens (tertiary/aromatic N) is 1. The van der Waals surface area contributed by atoms with Gasteiger partial charge in [-0.2, -0.15) is 13.2 Å². The minimum Gasteiger partial charge on any atom is -0.378 e. The molecule has 1 amide bonds. The highest BCUT2D eigenvalue weighted by Crippen LogP contribution is 2.37. The molecule has 0 unspecified atom stereocenters. The molecule has 0 aliphatic rings. The molecule has 0 saturated carbocycles. The van der Waals surface area contributed by atoms with Gasteiger partial charge in [0.25, 0.3) is 0 Å². The zero-order valence-electron chi connectivity index (χ0n) is 13.2. The van der Waals surface area contributed by atoms with E-state index in [0.29, 0.717) is 11.4 Å². The molecule has 1 aromatic heterocycles. The number of hydrogen-bond acceptors (Lipinski definition) is 4. The van der Waals surface area contributed by atoms with Crippen LogP contribution in [-0.4, -0.2) is 25.8 Å². The van der Waals surface area contributed by atoms with Gasteiger partial charge in [0.1, 0.15) is 0 Å². The van der Waals surface area contributed by atoms with E-state index < -0.39 is 17.6 Å². The lowest BCUT2D eigenvalue weighted by Crippen LogP contribution is -2.19. The van der Waals surface area contributed by atoms with Crippen LogP contribution in [0.15, 0.2) is 35.7 Å². The highest BCUT2D eigenvalue weighted by molar-refractivity contribution is 7.99. The summed E-state index contributed by atoms with van der Waals surface area (Å²) in [4.78, 5) is 14.6. The monoisotopic (exact) mass is 374 g/mol. The number of thioether (sulfide) groups is 1. The summed E-state index contributed by atoms with van der Waals surface area (Å²) in [7, 11) is 3.32. The number of thiophene rings is 1. The van der Waals surface area contributed by atoms with Crippen LogP contribution in [0.1, 0.15) is 10.4 Å². The van der Waals surface area contributed by atoms with Crippen molar-refractivity contribution in [3.8, 4) is 0 Å². The van der Waals surface area contributed by atoms with E-state index in [1.165, 1.54) is 17.8 Å². The number of nitrogens with one attached hydrogen (secondary N) is 1. The molecular formula is C16H17F3N2OS2. The van der Waals surface area contributed by atoms with Crippen LogP contribution in [0.3, 0.4) is 0 Å². The molecular weight excluding hydrogens is 357 g/mol. The van der Waals surface area contributed by atoms with Crippen LogP contribution in [0.4, 0.5) is 24.5 Å². The molecule has 24 heavy (non-hydrogen) atoms. The van der Waals surface area contributed by atoms with Crippen molar-refractivity contribution in [2.75, 3.05) is 30.1 Å². The number of anilines is 2. The Bertz CT molecular complexity index is 685. The third-order valence-electron chi connectivity index (χ3n) is 3.16. The van der Waals surface area contributed by atoms with E-state index in [0.717, 1.165) is 10.9 Å². The molecule has 0 atom stereocenters. The van der Waals surface area contributed by atoms with Crippen molar-refractivity contribution in [2.24, 2.45) is 0 Å². The molecule has 0 spiro atoms. The molecule has 130 valence electrons. The lowest BCUT2D eigenvalue weighted by Gasteiger charge is -2.18. The fourth-order valence-corrected chi connectivity index (χ4v) is 3.65. The lowest BCUT2D eigenvalue weighted by atomic mass is 10.1. The number of carbonyl (C=O) groups excluding carboxylic acids is 1. The van der Waals surface area contributed by atoms with Crippen molar-refractivity contribution in [1.29, 1.82) is 0 Å². The Labute approximate surface area is 146 Å². The fourth-order valence-electron chi connectivity index (χ4n) is 1.98. The smallest absolute Gasteiger partial charge is 0.378 e. The van der Waals surface area contributed by atoms with Crippen LogP contribution < -0.4 is 10.2 Å². The predicted molar refractivity (Wildman–Crippen MR) is 94.9 cm³/mol. The van der Waals surface area contributed by atoms with E-state index in [1.807, 2.05) is 17.5 Å². The molecule has 1 N–H and O–H groups in total. The molecule has 3 nitrogen and oxygen atoms in total. The summed E-state index contributed by atoms with van der Waals surface area (Å²) < 4.78 is 39.6. The lowest BCUT2D eigenvalue weighted by molar-refractivity contribution is -0.136. The number of alkyl halides is 3. The van der Waals surface area contributed by atoms with Crippen molar-refractivity contribution in [3.63, 3.8) is 0 Å². The number of carbonyl (C=O) groups is 1. The summed E-state index contributed by atoms with van der Waals surface area (Å²) in [6.45, 7) is 0. The maximum absolute atomic E-state index is 13.2. The SMILES string of the molecule is CN(C)c1ccc(NC(=O)CSCc2cccs2)c(C(F)(F)F)c1. The van der Waals surface area contributed by atoms with Gasteiger partial charge in [-0.25, -0.2) is 0 Å². The van der Waals surface area contributed by atoms with Gasteiger partial charge in [0.15, 0.2) is 0 Å². The molecule has 1 heterocycles.